The topological polar surface area (TPSA) is 29.1 Å². The van der Waals surface area contributed by atoms with Crippen LogP contribution in [0.1, 0.15) is 30.4 Å². The van der Waals surface area contributed by atoms with Crippen LogP contribution in [0.25, 0.3) is 0 Å². The molecule has 0 atom stereocenters. The molecule has 0 aliphatic heterocycles. The molecule has 0 saturated carbocycles. The first-order valence-electron chi connectivity index (χ1n) is 5.98. The average Bonchev–Trinajstić information content (AvgIpc) is 2.32. The summed E-state index contributed by atoms with van der Waals surface area (Å²) in [4.78, 5) is 11.6. The molecular weight excluding hydrogens is 210 g/mol. The first-order valence-corrected chi connectivity index (χ1v) is 5.98. The van der Waals surface area contributed by atoms with Gasteiger partial charge >= 0.3 is 0 Å². The predicted octanol–water partition coefficient (Wildman–Crippen LogP) is 2.46. The van der Waals surface area contributed by atoms with Crippen molar-refractivity contribution in [3.8, 4) is 12.3 Å². The van der Waals surface area contributed by atoms with Gasteiger partial charge in [-0.05, 0) is 30.9 Å². The number of carbonyl (C=O) groups is 1. The van der Waals surface area contributed by atoms with Gasteiger partial charge in [-0.1, -0.05) is 24.3 Å². The normalized spacial score (nSPS) is 9.65. The van der Waals surface area contributed by atoms with E-state index in [2.05, 4.69) is 11.2 Å². The Kier molecular flexibility index (Phi) is 5.88. The van der Waals surface area contributed by atoms with Gasteiger partial charge in [0.15, 0.2) is 0 Å². The van der Waals surface area contributed by atoms with Gasteiger partial charge in [0.25, 0.3) is 0 Å². The second-order valence-corrected chi connectivity index (χ2v) is 4.11. The average molecular weight is 229 g/mol. The molecule has 0 aliphatic rings. The van der Waals surface area contributed by atoms with Gasteiger partial charge in [-0.25, -0.2) is 0 Å². The molecule has 0 unspecified atom stereocenters. The highest BCUT2D eigenvalue weighted by atomic mass is 16.1. The molecule has 0 bridgehead atoms. The van der Waals surface area contributed by atoms with Crippen molar-refractivity contribution >= 4 is 5.91 Å². The van der Waals surface area contributed by atoms with E-state index in [4.69, 9.17) is 6.42 Å². The van der Waals surface area contributed by atoms with Crippen LogP contribution in [0.3, 0.4) is 0 Å². The lowest BCUT2D eigenvalue weighted by Gasteiger charge is -2.06. The van der Waals surface area contributed by atoms with Crippen molar-refractivity contribution in [2.45, 2.75) is 32.6 Å². The van der Waals surface area contributed by atoms with Crippen LogP contribution >= 0.6 is 0 Å². The van der Waals surface area contributed by atoms with Gasteiger partial charge in [-0.3, -0.25) is 4.79 Å². The van der Waals surface area contributed by atoms with E-state index in [-0.39, 0.29) is 5.91 Å². The van der Waals surface area contributed by atoms with Crippen LogP contribution < -0.4 is 5.32 Å². The molecule has 0 aromatic heterocycles. The summed E-state index contributed by atoms with van der Waals surface area (Å²) in [5.41, 5.74) is 2.25. The third-order valence-corrected chi connectivity index (χ3v) is 2.68. The van der Waals surface area contributed by atoms with Crippen molar-refractivity contribution in [2.75, 3.05) is 6.54 Å². The molecule has 0 saturated heterocycles. The van der Waals surface area contributed by atoms with Crippen LogP contribution in [0.2, 0.25) is 0 Å². The van der Waals surface area contributed by atoms with Crippen molar-refractivity contribution in [2.24, 2.45) is 0 Å². The molecule has 0 heterocycles. The molecule has 90 valence electrons. The molecule has 0 spiro atoms. The monoisotopic (exact) mass is 229 g/mol. The van der Waals surface area contributed by atoms with E-state index >= 15 is 0 Å². The van der Waals surface area contributed by atoms with Crippen molar-refractivity contribution in [1.82, 2.24) is 5.32 Å². The minimum Gasteiger partial charge on any atom is -0.356 e. The number of amides is 1. The smallest absolute Gasteiger partial charge is 0.224 e. The highest BCUT2D eigenvalue weighted by Gasteiger charge is 2.04. The Morgan fingerprint density at radius 2 is 2.12 bits per heavy atom. The van der Waals surface area contributed by atoms with Gasteiger partial charge in [0.1, 0.15) is 0 Å². The number of rotatable bonds is 6. The minimum atomic E-state index is 0.0833. The zero-order valence-corrected chi connectivity index (χ0v) is 10.3. The fraction of sp³-hybridized carbons (Fsp3) is 0.400. The molecule has 0 radical (unpaired) electrons. The Morgan fingerprint density at radius 3 is 2.82 bits per heavy atom. The number of nitrogens with one attached hydrogen (secondary N) is 1. The second kappa shape index (κ2) is 7.51. The van der Waals surface area contributed by atoms with Crippen LogP contribution in [0, 0.1) is 19.3 Å². The van der Waals surface area contributed by atoms with E-state index in [1.165, 1.54) is 0 Å². The zero-order chi connectivity index (χ0) is 12.5. The molecule has 1 aromatic carbocycles. The third kappa shape index (κ3) is 5.21. The Hall–Kier alpha value is -1.75. The van der Waals surface area contributed by atoms with Gasteiger partial charge in [0.05, 0.1) is 6.42 Å². The largest absolute Gasteiger partial charge is 0.356 e. The zero-order valence-electron chi connectivity index (χ0n) is 10.3. The summed E-state index contributed by atoms with van der Waals surface area (Å²) in [6.07, 6.45) is 8.32. The first kappa shape index (κ1) is 13.3. The quantitative estimate of drug-likeness (QED) is 0.589. The number of hydrogen-bond acceptors (Lipinski definition) is 1. The van der Waals surface area contributed by atoms with E-state index in [1.54, 1.807) is 0 Å². The van der Waals surface area contributed by atoms with E-state index in [9.17, 15) is 4.79 Å². The van der Waals surface area contributed by atoms with Crippen LogP contribution in [-0.4, -0.2) is 12.5 Å². The predicted molar refractivity (Wildman–Crippen MR) is 70.6 cm³/mol. The maximum Gasteiger partial charge on any atom is 0.224 e. The van der Waals surface area contributed by atoms with E-state index in [0.29, 0.717) is 13.0 Å². The Labute approximate surface area is 103 Å². The van der Waals surface area contributed by atoms with Crippen molar-refractivity contribution < 1.29 is 4.79 Å². The molecule has 0 fully saturated rings. The maximum absolute atomic E-state index is 11.6. The standard InChI is InChI=1S/C15H19NO/c1-3-4-5-8-11-16-15(17)12-14-10-7-6-9-13(14)2/h1,6-7,9-10H,4-5,8,11-12H2,2H3,(H,16,17). The molecule has 1 aromatic rings. The molecule has 17 heavy (non-hydrogen) atoms. The number of hydrogen-bond donors (Lipinski definition) is 1. The molecule has 1 N–H and O–H groups in total. The summed E-state index contributed by atoms with van der Waals surface area (Å²) in [6, 6.07) is 7.96. The van der Waals surface area contributed by atoms with Crippen molar-refractivity contribution in [1.29, 1.82) is 0 Å². The lowest BCUT2D eigenvalue weighted by molar-refractivity contribution is -0.120. The van der Waals surface area contributed by atoms with Crippen LogP contribution in [-0.2, 0) is 11.2 Å². The summed E-state index contributed by atoms with van der Waals surface area (Å²) < 4.78 is 0. The highest BCUT2D eigenvalue weighted by molar-refractivity contribution is 5.78. The Morgan fingerprint density at radius 1 is 1.35 bits per heavy atom. The first-order chi connectivity index (χ1) is 8.24. The lowest BCUT2D eigenvalue weighted by Crippen LogP contribution is -2.26. The van der Waals surface area contributed by atoms with Crippen LogP contribution in [0.15, 0.2) is 24.3 Å². The van der Waals surface area contributed by atoms with Gasteiger partial charge in [-0.15, -0.1) is 12.3 Å². The number of carbonyl (C=O) groups excluding carboxylic acids is 1. The molecular formula is C15H19NO. The summed E-state index contributed by atoms with van der Waals surface area (Å²) in [5.74, 6) is 2.67. The van der Waals surface area contributed by atoms with Gasteiger partial charge in [0, 0.05) is 13.0 Å². The van der Waals surface area contributed by atoms with Gasteiger partial charge < -0.3 is 5.32 Å². The number of terminal acetylenes is 1. The lowest BCUT2D eigenvalue weighted by atomic mass is 10.1. The molecule has 1 amide bonds. The maximum atomic E-state index is 11.6. The molecule has 2 nitrogen and oxygen atoms in total. The Bertz CT molecular complexity index is 404. The SMILES string of the molecule is C#CCCCCNC(=O)Cc1ccccc1C. The fourth-order valence-electron chi connectivity index (χ4n) is 1.62. The van der Waals surface area contributed by atoms with Crippen molar-refractivity contribution in [3.63, 3.8) is 0 Å². The number of benzene rings is 1. The molecule has 2 heteroatoms. The number of unbranched alkanes of at least 4 members (excludes halogenated alkanes) is 2. The summed E-state index contributed by atoms with van der Waals surface area (Å²) in [7, 11) is 0. The molecule has 0 aliphatic carbocycles. The highest BCUT2D eigenvalue weighted by Crippen LogP contribution is 2.07. The van der Waals surface area contributed by atoms with Gasteiger partial charge in [-0.2, -0.15) is 0 Å². The third-order valence-electron chi connectivity index (χ3n) is 2.68. The van der Waals surface area contributed by atoms with E-state index in [0.717, 1.165) is 30.4 Å². The number of aryl methyl sites for hydroxylation is 1. The van der Waals surface area contributed by atoms with E-state index in [1.807, 2.05) is 31.2 Å². The van der Waals surface area contributed by atoms with Crippen molar-refractivity contribution in [3.05, 3.63) is 35.4 Å². The van der Waals surface area contributed by atoms with Crippen LogP contribution in [0.4, 0.5) is 0 Å². The second-order valence-electron chi connectivity index (χ2n) is 4.11. The summed E-state index contributed by atoms with van der Waals surface area (Å²) in [6.45, 7) is 2.74. The van der Waals surface area contributed by atoms with E-state index < -0.39 is 0 Å². The minimum absolute atomic E-state index is 0.0833. The van der Waals surface area contributed by atoms with Gasteiger partial charge in [0.2, 0.25) is 5.91 Å². The fourth-order valence-corrected chi connectivity index (χ4v) is 1.62. The Balaban J connectivity index is 2.26. The summed E-state index contributed by atoms with van der Waals surface area (Å²) in [5, 5.41) is 2.91. The van der Waals surface area contributed by atoms with Crippen LogP contribution in [0.5, 0.6) is 0 Å². The summed E-state index contributed by atoms with van der Waals surface area (Å²) >= 11 is 0. The molecule has 1 rings (SSSR count).